The Balaban J connectivity index is 1.65. The highest BCUT2D eigenvalue weighted by atomic mass is 79.9. The lowest BCUT2D eigenvalue weighted by Gasteiger charge is -2.00. The molecule has 0 aliphatic rings. The molecule has 2 heterocycles. The number of para-hydroxylation sites is 1. The van der Waals surface area contributed by atoms with Crippen LogP contribution in [-0.4, -0.2) is 10.7 Å². The van der Waals surface area contributed by atoms with Gasteiger partial charge in [-0.05, 0) is 36.4 Å². The molecule has 0 radical (unpaired) electrons. The standard InChI is InChI=1S/C20H11BrN4O2S/c21-13-5-7-14(8-6-13)24-25-16(10-22)19-23-17(11-28-19)15-9-12-3-1-2-4-18(12)27-20(15)26/h1-9,11,24H/b25-16-. The van der Waals surface area contributed by atoms with Crippen molar-refractivity contribution in [1.29, 1.82) is 5.26 Å². The zero-order chi connectivity index (χ0) is 19.5. The maximum absolute atomic E-state index is 12.3. The van der Waals surface area contributed by atoms with Crippen LogP contribution in [0.15, 0.2) is 78.8 Å². The van der Waals surface area contributed by atoms with E-state index in [4.69, 9.17) is 4.42 Å². The molecule has 0 saturated heterocycles. The van der Waals surface area contributed by atoms with Crippen LogP contribution in [0.4, 0.5) is 5.69 Å². The highest BCUT2D eigenvalue weighted by Gasteiger charge is 2.14. The van der Waals surface area contributed by atoms with E-state index in [2.05, 4.69) is 31.4 Å². The molecule has 0 atom stereocenters. The third-order valence-corrected chi connectivity index (χ3v) is 5.25. The topological polar surface area (TPSA) is 91.3 Å². The fourth-order valence-electron chi connectivity index (χ4n) is 2.51. The number of nitrogens with zero attached hydrogens (tertiary/aromatic N) is 3. The lowest BCUT2D eigenvalue weighted by atomic mass is 10.1. The molecule has 0 amide bonds. The van der Waals surface area contributed by atoms with Crippen molar-refractivity contribution in [1.82, 2.24) is 4.98 Å². The van der Waals surface area contributed by atoms with Crippen LogP contribution in [-0.2, 0) is 0 Å². The van der Waals surface area contributed by atoms with Crippen molar-refractivity contribution in [2.45, 2.75) is 0 Å². The van der Waals surface area contributed by atoms with Crippen molar-refractivity contribution < 1.29 is 4.42 Å². The summed E-state index contributed by atoms with van der Waals surface area (Å²) < 4.78 is 6.30. The van der Waals surface area contributed by atoms with E-state index in [0.29, 0.717) is 21.8 Å². The van der Waals surface area contributed by atoms with Crippen LogP contribution in [0.1, 0.15) is 5.01 Å². The van der Waals surface area contributed by atoms with Gasteiger partial charge in [-0.3, -0.25) is 5.43 Å². The molecule has 0 aliphatic carbocycles. The molecule has 2 aromatic carbocycles. The average molecular weight is 451 g/mol. The highest BCUT2D eigenvalue weighted by molar-refractivity contribution is 9.10. The van der Waals surface area contributed by atoms with E-state index >= 15 is 0 Å². The van der Waals surface area contributed by atoms with Gasteiger partial charge in [0.2, 0.25) is 0 Å². The summed E-state index contributed by atoms with van der Waals surface area (Å²) in [5, 5.41) is 16.5. The van der Waals surface area contributed by atoms with E-state index in [9.17, 15) is 10.1 Å². The second-order valence-corrected chi connectivity index (χ2v) is 7.49. The van der Waals surface area contributed by atoms with E-state index in [0.717, 1.165) is 15.5 Å². The molecule has 0 saturated carbocycles. The largest absolute Gasteiger partial charge is 0.422 e. The molecule has 1 N–H and O–H groups in total. The number of halogens is 1. The molecule has 136 valence electrons. The molecule has 28 heavy (non-hydrogen) atoms. The van der Waals surface area contributed by atoms with Crippen LogP contribution in [0, 0.1) is 11.3 Å². The SMILES string of the molecule is N#C/C(=N/Nc1ccc(Br)cc1)c1nc(-c2cc3ccccc3oc2=O)cs1. The minimum atomic E-state index is -0.473. The minimum absolute atomic E-state index is 0.129. The summed E-state index contributed by atoms with van der Waals surface area (Å²) in [6.07, 6.45) is 0. The third-order valence-electron chi connectivity index (χ3n) is 3.87. The maximum atomic E-state index is 12.3. The van der Waals surface area contributed by atoms with Crippen LogP contribution < -0.4 is 11.1 Å². The predicted octanol–water partition coefficient (Wildman–Crippen LogP) is 5.02. The van der Waals surface area contributed by atoms with Crippen LogP contribution in [0.5, 0.6) is 0 Å². The number of rotatable bonds is 4. The smallest absolute Gasteiger partial charge is 0.345 e. The number of benzene rings is 2. The number of hydrogen-bond donors (Lipinski definition) is 1. The Morgan fingerprint density at radius 1 is 1.21 bits per heavy atom. The van der Waals surface area contributed by atoms with Crippen LogP contribution in [0.3, 0.4) is 0 Å². The van der Waals surface area contributed by atoms with Gasteiger partial charge in [0, 0.05) is 15.2 Å². The van der Waals surface area contributed by atoms with E-state index in [1.165, 1.54) is 11.3 Å². The molecular weight excluding hydrogens is 440 g/mol. The molecule has 4 rings (SSSR count). The summed E-state index contributed by atoms with van der Waals surface area (Å²) in [5.74, 6) is 0. The number of anilines is 1. The first-order chi connectivity index (χ1) is 13.6. The summed E-state index contributed by atoms with van der Waals surface area (Å²) in [5.41, 5.74) is 4.55. The monoisotopic (exact) mass is 450 g/mol. The van der Waals surface area contributed by atoms with Gasteiger partial charge in [-0.25, -0.2) is 9.78 Å². The molecule has 0 unspecified atom stereocenters. The Bertz CT molecular complexity index is 1290. The number of fused-ring (bicyclic) bond motifs is 1. The van der Waals surface area contributed by atoms with Crippen LogP contribution >= 0.6 is 27.3 Å². The van der Waals surface area contributed by atoms with Gasteiger partial charge in [-0.1, -0.05) is 34.1 Å². The van der Waals surface area contributed by atoms with Crippen LogP contribution in [0.25, 0.3) is 22.2 Å². The van der Waals surface area contributed by atoms with Crippen molar-refractivity contribution >= 4 is 49.6 Å². The third kappa shape index (κ3) is 3.71. The van der Waals surface area contributed by atoms with Gasteiger partial charge in [0.05, 0.1) is 16.9 Å². The molecular formula is C20H11BrN4O2S. The van der Waals surface area contributed by atoms with E-state index < -0.39 is 5.63 Å². The first-order valence-electron chi connectivity index (χ1n) is 8.12. The summed E-state index contributed by atoms with van der Waals surface area (Å²) >= 11 is 4.60. The highest BCUT2D eigenvalue weighted by Crippen LogP contribution is 2.23. The quantitative estimate of drug-likeness (QED) is 0.267. The summed E-state index contributed by atoms with van der Waals surface area (Å²) in [4.78, 5) is 16.7. The summed E-state index contributed by atoms with van der Waals surface area (Å²) in [6, 6.07) is 18.4. The van der Waals surface area contributed by atoms with Gasteiger partial charge in [-0.15, -0.1) is 11.3 Å². The van der Waals surface area contributed by atoms with Crippen molar-refractivity contribution in [3.05, 3.63) is 79.9 Å². The first kappa shape index (κ1) is 18.1. The van der Waals surface area contributed by atoms with Crippen molar-refractivity contribution in [3.8, 4) is 17.3 Å². The number of hydrazone groups is 1. The first-order valence-corrected chi connectivity index (χ1v) is 9.80. The number of aromatic nitrogens is 1. The fraction of sp³-hybridized carbons (Fsp3) is 0. The van der Waals surface area contributed by atoms with Crippen molar-refractivity contribution in [2.24, 2.45) is 5.10 Å². The Morgan fingerprint density at radius 2 is 2.00 bits per heavy atom. The number of nitriles is 1. The Morgan fingerprint density at radius 3 is 2.79 bits per heavy atom. The lowest BCUT2D eigenvalue weighted by molar-refractivity contribution is 0.563. The number of hydrogen-bond acceptors (Lipinski definition) is 7. The summed E-state index contributed by atoms with van der Waals surface area (Å²) in [7, 11) is 0. The van der Waals surface area contributed by atoms with Crippen molar-refractivity contribution in [3.63, 3.8) is 0 Å². The zero-order valence-corrected chi connectivity index (χ0v) is 16.6. The van der Waals surface area contributed by atoms with E-state index in [1.807, 2.05) is 42.5 Å². The zero-order valence-electron chi connectivity index (χ0n) is 14.2. The molecule has 2 aromatic heterocycles. The molecule has 0 aliphatic heterocycles. The fourth-order valence-corrected chi connectivity index (χ4v) is 3.53. The maximum Gasteiger partial charge on any atom is 0.345 e. The lowest BCUT2D eigenvalue weighted by Crippen LogP contribution is -2.04. The normalized spacial score (nSPS) is 11.4. The molecule has 4 aromatic rings. The van der Waals surface area contributed by atoms with Gasteiger partial charge < -0.3 is 4.42 Å². The molecule has 0 fully saturated rings. The van der Waals surface area contributed by atoms with Crippen molar-refractivity contribution in [2.75, 3.05) is 5.43 Å². The van der Waals surface area contributed by atoms with Gasteiger partial charge in [0.1, 0.15) is 11.7 Å². The molecule has 0 spiro atoms. The Kier molecular flexibility index (Phi) is 5.02. The minimum Gasteiger partial charge on any atom is -0.422 e. The second kappa shape index (κ2) is 7.76. The molecule has 8 heteroatoms. The van der Waals surface area contributed by atoms with Crippen LogP contribution in [0.2, 0.25) is 0 Å². The number of thiazole rings is 1. The Labute approximate surface area is 171 Å². The van der Waals surface area contributed by atoms with E-state index in [-0.39, 0.29) is 5.71 Å². The Hall–Kier alpha value is -3.28. The molecule has 0 bridgehead atoms. The molecule has 6 nitrogen and oxygen atoms in total. The average Bonchev–Trinajstić information content (AvgIpc) is 3.19. The van der Waals surface area contributed by atoms with Gasteiger partial charge in [0.25, 0.3) is 0 Å². The van der Waals surface area contributed by atoms with Gasteiger partial charge in [0.15, 0.2) is 10.7 Å². The number of nitrogens with one attached hydrogen (secondary N) is 1. The van der Waals surface area contributed by atoms with Gasteiger partial charge >= 0.3 is 5.63 Å². The second-order valence-electron chi connectivity index (χ2n) is 5.71. The predicted molar refractivity (Wildman–Crippen MR) is 114 cm³/mol. The van der Waals surface area contributed by atoms with Gasteiger partial charge in [-0.2, -0.15) is 10.4 Å². The van der Waals surface area contributed by atoms with E-state index in [1.54, 1.807) is 23.6 Å². The summed E-state index contributed by atoms with van der Waals surface area (Å²) in [6.45, 7) is 0.